The number of hydrogen-bond acceptors (Lipinski definition) is 3. The maximum atomic E-state index is 12.6. The highest BCUT2D eigenvalue weighted by Gasteiger charge is 2.48. The molecular weight excluding hydrogens is 298 g/mol. The van der Waals surface area contributed by atoms with E-state index in [1.54, 1.807) is 24.5 Å². The van der Waals surface area contributed by atoms with Gasteiger partial charge in [0.05, 0.1) is 0 Å². The predicted octanol–water partition coefficient (Wildman–Crippen LogP) is 2.74. The van der Waals surface area contributed by atoms with Crippen LogP contribution < -0.4 is 0 Å². The lowest BCUT2D eigenvalue weighted by atomic mass is 9.79. The Balaban J connectivity index is 1.35. The van der Waals surface area contributed by atoms with Crippen LogP contribution in [0.2, 0.25) is 0 Å². The fraction of sp³-hybridized carbons (Fsp3) is 0.400. The summed E-state index contributed by atoms with van der Waals surface area (Å²) in [6, 6.07) is 12.2. The van der Waals surface area contributed by atoms with Crippen LogP contribution in [0.4, 0.5) is 0 Å². The van der Waals surface area contributed by atoms with Crippen LogP contribution in [-0.4, -0.2) is 46.9 Å². The van der Waals surface area contributed by atoms with Crippen molar-refractivity contribution >= 4 is 5.91 Å². The van der Waals surface area contributed by atoms with Gasteiger partial charge in [-0.25, -0.2) is 0 Å². The van der Waals surface area contributed by atoms with E-state index >= 15 is 0 Å². The second-order valence-electron chi connectivity index (χ2n) is 7.28. The van der Waals surface area contributed by atoms with E-state index in [0.29, 0.717) is 5.41 Å². The van der Waals surface area contributed by atoms with Crippen molar-refractivity contribution < 1.29 is 4.79 Å². The molecule has 0 bridgehead atoms. The van der Waals surface area contributed by atoms with Crippen molar-refractivity contribution in [2.75, 3.05) is 26.2 Å². The van der Waals surface area contributed by atoms with Gasteiger partial charge >= 0.3 is 0 Å². The molecule has 0 unspecified atom stereocenters. The van der Waals surface area contributed by atoms with E-state index in [0.717, 1.165) is 44.7 Å². The molecular formula is C20H23N3O. The molecule has 0 saturated carbocycles. The van der Waals surface area contributed by atoms with Gasteiger partial charge in [0.1, 0.15) is 0 Å². The molecule has 4 heteroatoms. The second-order valence-corrected chi connectivity index (χ2v) is 7.28. The molecule has 1 aromatic carbocycles. The first-order valence-electron chi connectivity index (χ1n) is 8.61. The van der Waals surface area contributed by atoms with Crippen LogP contribution in [0, 0.1) is 12.3 Å². The van der Waals surface area contributed by atoms with Gasteiger partial charge in [-0.1, -0.05) is 24.3 Å². The maximum Gasteiger partial charge on any atom is 0.253 e. The minimum absolute atomic E-state index is 0.145. The summed E-state index contributed by atoms with van der Waals surface area (Å²) in [5, 5.41) is 0. The third-order valence-electron chi connectivity index (χ3n) is 5.43. The van der Waals surface area contributed by atoms with E-state index in [1.807, 2.05) is 4.90 Å². The second kappa shape index (κ2) is 6.02. The summed E-state index contributed by atoms with van der Waals surface area (Å²) in [4.78, 5) is 21.1. The number of aromatic nitrogens is 1. The Morgan fingerprint density at radius 1 is 1.12 bits per heavy atom. The van der Waals surface area contributed by atoms with Gasteiger partial charge in [0, 0.05) is 56.1 Å². The fourth-order valence-corrected chi connectivity index (χ4v) is 4.09. The van der Waals surface area contributed by atoms with Gasteiger partial charge in [-0.2, -0.15) is 0 Å². The average Bonchev–Trinajstić information content (AvgIpc) is 3.02. The van der Waals surface area contributed by atoms with Gasteiger partial charge < -0.3 is 4.90 Å². The van der Waals surface area contributed by atoms with E-state index in [-0.39, 0.29) is 5.91 Å². The smallest absolute Gasteiger partial charge is 0.253 e. The van der Waals surface area contributed by atoms with Gasteiger partial charge in [-0.05, 0) is 36.6 Å². The van der Waals surface area contributed by atoms with Crippen molar-refractivity contribution in [1.29, 1.82) is 0 Å². The highest BCUT2D eigenvalue weighted by atomic mass is 16.2. The molecule has 0 radical (unpaired) electrons. The van der Waals surface area contributed by atoms with Crippen LogP contribution in [0.1, 0.15) is 27.9 Å². The molecule has 0 atom stereocenters. The number of pyridine rings is 1. The zero-order valence-electron chi connectivity index (χ0n) is 14.1. The molecule has 2 aliphatic heterocycles. The molecule has 2 fully saturated rings. The minimum Gasteiger partial charge on any atom is -0.338 e. The Hall–Kier alpha value is -2.20. The molecule has 24 heavy (non-hydrogen) atoms. The van der Waals surface area contributed by atoms with Gasteiger partial charge in [-0.3, -0.25) is 14.7 Å². The standard InChI is InChI=1S/C20H23N3O/c1-16-4-2-3-5-18(16)12-22-13-20(14-22)8-11-23(15-20)19(24)17-6-9-21-10-7-17/h2-7,9-10H,8,11-15H2,1H3. The molecule has 4 rings (SSSR count). The zero-order chi connectivity index (χ0) is 16.6. The van der Waals surface area contributed by atoms with E-state index in [4.69, 9.17) is 0 Å². The monoisotopic (exact) mass is 321 g/mol. The number of benzene rings is 1. The first-order valence-corrected chi connectivity index (χ1v) is 8.61. The zero-order valence-corrected chi connectivity index (χ0v) is 14.1. The molecule has 4 nitrogen and oxygen atoms in total. The van der Waals surface area contributed by atoms with E-state index in [2.05, 4.69) is 41.1 Å². The maximum absolute atomic E-state index is 12.6. The number of carbonyl (C=O) groups excluding carboxylic acids is 1. The van der Waals surface area contributed by atoms with Crippen LogP contribution >= 0.6 is 0 Å². The van der Waals surface area contributed by atoms with Gasteiger partial charge in [0.15, 0.2) is 0 Å². The largest absolute Gasteiger partial charge is 0.338 e. The predicted molar refractivity (Wildman–Crippen MR) is 93.6 cm³/mol. The van der Waals surface area contributed by atoms with Crippen molar-refractivity contribution in [1.82, 2.24) is 14.8 Å². The summed E-state index contributed by atoms with van der Waals surface area (Å²) in [5.41, 5.74) is 3.83. The number of likely N-dealkylation sites (tertiary alicyclic amines) is 2. The summed E-state index contributed by atoms with van der Waals surface area (Å²) in [7, 11) is 0. The molecule has 1 amide bonds. The van der Waals surface area contributed by atoms with E-state index in [9.17, 15) is 4.79 Å². The number of nitrogens with zero attached hydrogens (tertiary/aromatic N) is 3. The van der Waals surface area contributed by atoms with Crippen molar-refractivity contribution in [2.24, 2.45) is 5.41 Å². The summed E-state index contributed by atoms with van der Waals surface area (Å²) >= 11 is 0. The van der Waals surface area contributed by atoms with E-state index < -0.39 is 0 Å². The average molecular weight is 321 g/mol. The molecule has 2 aliphatic rings. The Morgan fingerprint density at radius 2 is 1.88 bits per heavy atom. The molecule has 0 aliphatic carbocycles. The SMILES string of the molecule is Cc1ccccc1CN1CC2(CCN(C(=O)c3ccncc3)C2)C1. The Morgan fingerprint density at radius 3 is 2.62 bits per heavy atom. The topological polar surface area (TPSA) is 36.4 Å². The Kier molecular flexibility index (Phi) is 3.85. The highest BCUT2D eigenvalue weighted by Crippen LogP contribution is 2.40. The minimum atomic E-state index is 0.145. The first-order chi connectivity index (χ1) is 11.7. The third-order valence-corrected chi connectivity index (χ3v) is 5.43. The molecule has 1 spiro atoms. The summed E-state index contributed by atoms with van der Waals surface area (Å²) in [6.07, 6.45) is 4.49. The molecule has 124 valence electrons. The Labute approximate surface area is 143 Å². The van der Waals surface area contributed by atoms with Crippen molar-refractivity contribution in [3.8, 4) is 0 Å². The van der Waals surface area contributed by atoms with Crippen LogP contribution in [0.3, 0.4) is 0 Å². The molecule has 2 saturated heterocycles. The van der Waals surface area contributed by atoms with Crippen LogP contribution in [0.15, 0.2) is 48.8 Å². The number of hydrogen-bond donors (Lipinski definition) is 0. The quantitative estimate of drug-likeness (QED) is 0.872. The summed E-state index contributed by atoms with van der Waals surface area (Å²) < 4.78 is 0. The van der Waals surface area contributed by atoms with Crippen molar-refractivity contribution in [3.63, 3.8) is 0 Å². The third kappa shape index (κ3) is 2.82. The van der Waals surface area contributed by atoms with Crippen LogP contribution in [-0.2, 0) is 6.54 Å². The number of rotatable bonds is 3. The van der Waals surface area contributed by atoms with E-state index in [1.165, 1.54) is 11.1 Å². The lowest BCUT2D eigenvalue weighted by Gasteiger charge is -2.48. The normalized spacial score (nSPS) is 19.5. The number of aryl methyl sites for hydroxylation is 1. The highest BCUT2D eigenvalue weighted by molar-refractivity contribution is 5.94. The Bertz CT molecular complexity index is 738. The van der Waals surface area contributed by atoms with Gasteiger partial charge in [0.25, 0.3) is 5.91 Å². The molecule has 3 heterocycles. The van der Waals surface area contributed by atoms with Gasteiger partial charge in [-0.15, -0.1) is 0 Å². The van der Waals surface area contributed by atoms with Gasteiger partial charge in [0.2, 0.25) is 0 Å². The molecule has 0 N–H and O–H groups in total. The lowest BCUT2D eigenvalue weighted by Crippen LogP contribution is -2.57. The summed E-state index contributed by atoms with van der Waals surface area (Å²) in [6.45, 7) is 7.16. The number of carbonyl (C=O) groups is 1. The fourth-order valence-electron chi connectivity index (χ4n) is 4.09. The lowest BCUT2D eigenvalue weighted by molar-refractivity contribution is 0.00249. The molecule has 1 aromatic heterocycles. The van der Waals surface area contributed by atoms with Crippen LogP contribution in [0.5, 0.6) is 0 Å². The number of amides is 1. The summed E-state index contributed by atoms with van der Waals surface area (Å²) in [5.74, 6) is 0.145. The molecule has 2 aromatic rings. The van der Waals surface area contributed by atoms with Crippen molar-refractivity contribution in [2.45, 2.75) is 19.9 Å². The first kappa shape index (κ1) is 15.3. The van der Waals surface area contributed by atoms with Crippen LogP contribution in [0.25, 0.3) is 0 Å². The van der Waals surface area contributed by atoms with Crippen molar-refractivity contribution in [3.05, 3.63) is 65.5 Å².